The molecule has 2 aliphatic rings. The molecule has 1 aliphatic heterocycles. The number of rotatable bonds is 5. The molecule has 0 amide bonds. The van der Waals surface area contributed by atoms with Crippen molar-refractivity contribution in [1.82, 2.24) is 0 Å². The summed E-state index contributed by atoms with van der Waals surface area (Å²) in [6.45, 7) is 4.44. The van der Waals surface area contributed by atoms with Crippen molar-refractivity contribution >= 4 is 23.3 Å². The lowest BCUT2D eigenvalue weighted by Gasteiger charge is -2.21. The van der Waals surface area contributed by atoms with Crippen LogP contribution in [-0.2, 0) is 14.3 Å². The molecule has 0 radical (unpaired) electrons. The summed E-state index contributed by atoms with van der Waals surface area (Å²) in [5, 5.41) is 0. The average molecular weight is 304 g/mol. The zero-order chi connectivity index (χ0) is 15.0. The van der Waals surface area contributed by atoms with Crippen molar-refractivity contribution < 1.29 is 14.3 Å². The number of carbonyl (C=O) groups is 1. The first-order valence-corrected chi connectivity index (χ1v) is 8.49. The Morgan fingerprint density at radius 2 is 1.95 bits per heavy atom. The van der Waals surface area contributed by atoms with Crippen LogP contribution in [0.5, 0.6) is 0 Å². The van der Waals surface area contributed by atoms with Crippen LogP contribution in [0.15, 0.2) is 34.9 Å². The van der Waals surface area contributed by atoms with Crippen LogP contribution in [0.3, 0.4) is 0 Å². The highest BCUT2D eigenvalue weighted by Gasteiger charge is 2.43. The molecule has 3 rings (SSSR count). The smallest absolute Gasteiger partial charge is 0.374 e. The standard InChI is InChI=1S/C17H20O3S/c1-17(2)14(12-6-8-13(21-3)9-7-12)15(16(18)20-17)19-10-11-4-5-11/h6-9,11H,4-5,10H2,1-3H3. The normalized spacial score (nSPS) is 20.6. The summed E-state index contributed by atoms with van der Waals surface area (Å²) >= 11 is 1.70. The fourth-order valence-electron chi connectivity index (χ4n) is 2.56. The first-order valence-electron chi connectivity index (χ1n) is 7.26. The van der Waals surface area contributed by atoms with Crippen LogP contribution in [0, 0.1) is 5.92 Å². The minimum Gasteiger partial charge on any atom is -0.486 e. The van der Waals surface area contributed by atoms with Crippen LogP contribution in [0.1, 0.15) is 32.3 Å². The third-order valence-corrected chi connectivity index (χ3v) is 4.64. The number of hydrogen-bond acceptors (Lipinski definition) is 4. The van der Waals surface area contributed by atoms with Crippen LogP contribution >= 0.6 is 11.8 Å². The van der Waals surface area contributed by atoms with Crippen molar-refractivity contribution in [2.45, 2.75) is 37.2 Å². The lowest BCUT2D eigenvalue weighted by molar-refractivity contribution is -0.147. The summed E-state index contributed by atoms with van der Waals surface area (Å²) in [7, 11) is 0. The molecule has 112 valence electrons. The molecule has 1 aliphatic carbocycles. The van der Waals surface area contributed by atoms with Gasteiger partial charge < -0.3 is 9.47 Å². The molecule has 0 N–H and O–H groups in total. The maximum Gasteiger partial charge on any atom is 0.374 e. The van der Waals surface area contributed by atoms with E-state index in [0.29, 0.717) is 18.3 Å². The second-order valence-corrected chi connectivity index (χ2v) is 6.97. The van der Waals surface area contributed by atoms with E-state index < -0.39 is 5.60 Å². The lowest BCUT2D eigenvalue weighted by Crippen LogP contribution is -2.22. The van der Waals surface area contributed by atoms with Gasteiger partial charge >= 0.3 is 5.97 Å². The molecule has 0 bridgehead atoms. The summed E-state index contributed by atoms with van der Waals surface area (Å²) in [6.07, 6.45) is 4.44. The summed E-state index contributed by atoms with van der Waals surface area (Å²) in [5.41, 5.74) is 1.21. The van der Waals surface area contributed by atoms with Gasteiger partial charge in [0.25, 0.3) is 0 Å². The average Bonchev–Trinajstić information content (AvgIpc) is 3.23. The number of esters is 1. The maximum absolute atomic E-state index is 12.1. The number of cyclic esters (lactones) is 1. The van der Waals surface area contributed by atoms with E-state index in [9.17, 15) is 4.79 Å². The van der Waals surface area contributed by atoms with Gasteiger partial charge in [0.2, 0.25) is 5.76 Å². The van der Waals surface area contributed by atoms with Gasteiger partial charge in [0, 0.05) is 4.90 Å². The minimum absolute atomic E-state index is 0.343. The molecule has 3 nitrogen and oxygen atoms in total. The lowest BCUT2D eigenvalue weighted by atomic mass is 9.92. The van der Waals surface area contributed by atoms with Gasteiger partial charge in [0.05, 0.1) is 12.2 Å². The van der Waals surface area contributed by atoms with Gasteiger partial charge in [-0.1, -0.05) is 12.1 Å². The molecule has 0 atom stereocenters. The Kier molecular flexibility index (Phi) is 3.74. The Labute approximate surface area is 129 Å². The molecule has 21 heavy (non-hydrogen) atoms. The molecule has 0 aromatic heterocycles. The van der Waals surface area contributed by atoms with Gasteiger partial charge in [-0.25, -0.2) is 4.79 Å². The number of benzene rings is 1. The van der Waals surface area contributed by atoms with Crippen molar-refractivity contribution in [1.29, 1.82) is 0 Å². The summed E-state index contributed by atoms with van der Waals surface area (Å²) in [4.78, 5) is 13.3. The Hall–Kier alpha value is -1.42. The van der Waals surface area contributed by atoms with E-state index in [2.05, 4.69) is 12.1 Å². The highest BCUT2D eigenvalue weighted by atomic mass is 32.2. The largest absolute Gasteiger partial charge is 0.486 e. The van der Waals surface area contributed by atoms with Gasteiger partial charge in [-0.15, -0.1) is 11.8 Å². The first-order chi connectivity index (χ1) is 10.0. The van der Waals surface area contributed by atoms with E-state index in [1.165, 1.54) is 17.7 Å². The Bertz CT molecular complexity index is 583. The molecular formula is C17H20O3S. The Morgan fingerprint density at radius 3 is 2.52 bits per heavy atom. The quantitative estimate of drug-likeness (QED) is 0.611. The van der Waals surface area contributed by atoms with E-state index in [1.54, 1.807) is 11.8 Å². The van der Waals surface area contributed by atoms with Crippen molar-refractivity contribution in [3.63, 3.8) is 0 Å². The highest BCUT2D eigenvalue weighted by Crippen LogP contribution is 2.41. The maximum atomic E-state index is 12.1. The topological polar surface area (TPSA) is 35.5 Å². The summed E-state index contributed by atoms with van der Waals surface area (Å²) < 4.78 is 11.3. The first kappa shape index (κ1) is 14.5. The predicted octanol–water partition coefficient (Wildman–Crippen LogP) is 3.88. The SMILES string of the molecule is CSc1ccc(C2=C(OCC3CC3)C(=O)OC2(C)C)cc1. The van der Waals surface area contributed by atoms with E-state index in [-0.39, 0.29) is 5.97 Å². The number of ether oxygens (including phenoxy) is 2. The van der Waals surface area contributed by atoms with Crippen LogP contribution in [0.4, 0.5) is 0 Å². The molecule has 0 spiro atoms. The monoisotopic (exact) mass is 304 g/mol. The predicted molar refractivity (Wildman–Crippen MR) is 84.0 cm³/mol. The number of carbonyl (C=O) groups excluding carboxylic acids is 1. The van der Waals surface area contributed by atoms with Crippen LogP contribution < -0.4 is 0 Å². The fourth-order valence-corrected chi connectivity index (χ4v) is 2.97. The van der Waals surface area contributed by atoms with Crippen molar-refractivity contribution in [2.24, 2.45) is 5.92 Å². The zero-order valence-electron chi connectivity index (χ0n) is 12.6. The second-order valence-electron chi connectivity index (χ2n) is 6.09. The van der Waals surface area contributed by atoms with Crippen molar-refractivity contribution in [3.8, 4) is 0 Å². The molecule has 1 aromatic rings. The molecule has 4 heteroatoms. The van der Waals surface area contributed by atoms with Crippen molar-refractivity contribution in [3.05, 3.63) is 35.6 Å². The highest BCUT2D eigenvalue weighted by molar-refractivity contribution is 7.98. The zero-order valence-corrected chi connectivity index (χ0v) is 13.5. The van der Waals surface area contributed by atoms with E-state index in [0.717, 1.165) is 11.1 Å². The van der Waals surface area contributed by atoms with Gasteiger partial charge in [-0.3, -0.25) is 0 Å². The van der Waals surface area contributed by atoms with Crippen molar-refractivity contribution in [2.75, 3.05) is 12.9 Å². The van der Waals surface area contributed by atoms with Crippen LogP contribution in [0.2, 0.25) is 0 Å². The minimum atomic E-state index is -0.642. The Morgan fingerprint density at radius 1 is 1.29 bits per heavy atom. The fraction of sp³-hybridized carbons (Fsp3) is 0.471. The molecule has 1 saturated carbocycles. The molecule has 0 unspecified atom stereocenters. The van der Waals surface area contributed by atoms with Crippen LogP contribution in [-0.4, -0.2) is 24.4 Å². The van der Waals surface area contributed by atoms with E-state index >= 15 is 0 Å². The molecule has 1 aromatic carbocycles. The molecule has 1 fully saturated rings. The molecular weight excluding hydrogens is 284 g/mol. The number of thioether (sulfide) groups is 1. The summed E-state index contributed by atoms with van der Waals surface area (Å²) in [6, 6.07) is 8.19. The van der Waals surface area contributed by atoms with Crippen LogP contribution in [0.25, 0.3) is 5.57 Å². The number of hydrogen-bond donors (Lipinski definition) is 0. The molecule has 1 heterocycles. The van der Waals surface area contributed by atoms with Gasteiger partial charge in [-0.05, 0) is 56.6 Å². The third-order valence-electron chi connectivity index (χ3n) is 3.90. The van der Waals surface area contributed by atoms with E-state index in [1.807, 2.05) is 32.2 Å². The third kappa shape index (κ3) is 2.95. The Balaban J connectivity index is 1.95. The van der Waals surface area contributed by atoms with Gasteiger partial charge in [0.1, 0.15) is 5.60 Å². The van der Waals surface area contributed by atoms with Gasteiger partial charge in [-0.2, -0.15) is 0 Å². The summed E-state index contributed by atoms with van der Waals surface area (Å²) in [5.74, 6) is 0.655. The van der Waals surface area contributed by atoms with E-state index in [4.69, 9.17) is 9.47 Å². The molecule has 0 saturated heterocycles. The van der Waals surface area contributed by atoms with Gasteiger partial charge in [0.15, 0.2) is 0 Å². The second kappa shape index (κ2) is 5.41.